The van der Waals surface area contributed by atoms with Gasteiger partial charge in [0.25, 0.3) is 5.91 Å². The summed E-state index contributed by atoms with van der Waals surface area (Å²) in [6, 6.07) is 7.41. The Morgan fingerprint density at radius 3 is 3.00 bits per heavy atom. The maximum absolute atomic E-state index is 12.3. The molecule has 1 aromatic carbocycles. The van der Waals surface area contributed by atoms with Crippen molar-refractivity contribution in [3.8, 4) is 11.8 Å². The van der Waals surface area contributed by atoms with Gasteiger partial charge < -0.3 is 11.1 Å². The van der Waals surface area contributed by atoms with Gasteiger partial charge in [-0.2, -0.15) is 11.8 Å². The zero-order chi connectivity index (χ0) is 14.2. The molecule has 0 bridgehead atoms. The lowest BCUT2D eigenvalue weighted by Crippen LogP contribution is -2.32. The first kappa shape index (κ1) is 15.0. The van der Waals surface area contributed by atoms with Crippen LogP contribution in [-0.4, -0.2) is 30.0 Å². The molecule has 2 rings (SSSR count). The van der Waals surface area contributed by atoms with Crippen LogP contribution in [0, 0.1) is 11.8 Å². The van der Waals surface area contributed by atoms with Gasteiger partial charge in [-0.05, 0) is 30.7 Å². The number of rotatable bonds is 3. The topological polar surface area (TPSA) is 55.1 Å². The molecule has 1 heterocycles. The van der Waals surface area contributed by atoms with Gasteiger partial charge in [0.05, 0.1) is 12.1 Å². The van der Waals surface area contributed by atoms with Crippen LogP contribution in [0.1, 0.15) is 35.2 Å². The first-order valence-corrected chi connectivity index (χ1v) is 8.04. The van der Waals surface area contributed by atoms with Crippen LogP contribution in [0.15, 0.2) is 24.3 Å². The number of carbonyl (C=O) groups excluding carboxylic acids is 1. The molecule has 4 heteroatoms. The fourth-order valence-corrected chi connectivity index (χ4v) is 3.45. The molecule has 1 amide bonds. The Balaban J connectivity index is 1.97. The molecule has 0 aliphatic carbocycles. The molecule has 1 aliphatic rings. The van der Waals surface area contributed by atoms with E-state index in [0.29, 0.717) is 17.4 Å². The second-order valence-corrected chi connectivity index (χ2v) is 6.16. The van der Waals surface area contributed by atoms with Gasteiger partial charge in [-0.1, -0.05) is 30.4 Å². The third-order valence-electron chi connectivity index (χ3n) is 3.26. The van der Waals surface area contributed by atoms with Crippen LogP contribution in [0.5, 0.6) is 0 Å². The SMILES string of the molecule is NCC#Cc1ccccc1C(=O)NCC1CCCCS1. The minimum absolute atomic E-state index is 0.0434. The van der Waals surface area contributed by atoms with E-state index in [1.807, 2.05) is 36.0 Å². The minimum Gasteiger partial charge on any atom is -0.351 e. The Morgan fingerprint density at radius 1 is 1.40 bits per heavy atom. The molecule has 1 aliphatic heterocycles. The molecule has 3 nitrogen and oxygen atoms in total. The van der Waals surface area contributed by atoms with Crippen LogP contribution in [0.3, 0.4) is 0 Å². The van der Waals surface area contributed by atoms with Crippen LogP contribution >= 0.6 is 11.8 Å². The molecular weight excluding hydrogens is 268 g/mol. The molecule has 1 saturated heterocycles. The lowest BCUT2D eigenvalue weighted by atomic mass is 10.1. The number of amides is 1. The average Bonchev–Trinajstić information content (AvgIpc) is 2.52. The first-order chi connectivity index (χ1) is 9.81. The summed E-state index contributed by atoms with van der Waals surface area (Å²) in [4.78, 5) is 12.3. The predicted octanol–water partition coefficient (Wildman–Crippen LogP) is 2.01. The van der Waals surface area contributed by atoms with Crippen LogP contribution in [-0.2, 0) is 0 Å². The molecule has 0 saturated carbocycles. The lowest BCUT2D eigenvalue weighted by molar-refractivity contribution is 0.0953. The van der Waals surface area contributed by atoms with E-state index in [1.165, 1.54) is 25.0 Å². The van der Waals surface area contributed by atoms with E-state index in [1.54, 1.807) is 0 Å². The molecule has 1 aromatic rings. The summed E-state index contributed by atoms with van der Waals surface area (Å²) in [5.74, 6) is 6.91. The van der Waals surface area contributed by atoms with Crippen molar-refractivity contribution in [2.24, 2.45) is 5.73 Å². The van der Waals surface area contributed by atoms with E-state index in [0.717, 1.165) is 12.1 Å². The van der Waals surface area contributed by atoms with Gasteiger partial charge in [0.1, 0.15) is 0 Å². The van der Waals surface area contributed by atoms with Crippen molar-refractivity contribution in [3.63, 3.8) is 0 Å². The van der Waals surface area contributed by atoms with E-state index in [4.69, 9.17) is 5.73 Å². The highest BCUT2D eigenvalue weighted by Crippen LogP contribution is 2.24. The number of hydrogen-bond acceptors (Lipinski definition) is 3. The number of thioether (sulfide) groups is 1. The van der Waals surface area contributed by atoms with Crippen molar-refractivity contribution >= 4 is 17.7 Å². The van der Waals surface area contributed by atoms with Gasteiger partial charge in [-0.25, -0.2) is 0 Å². The van der Waals surface area contributed by atoms with E-state index in [-0.39, 0.29) is 5.91 Å². The van der Waals surface area contributed by atoms with E-state index in [9.17, 15) is 4.79 Å². The second-order valence-electron chi connectivity index (χ2n) is 4.75. The summed E-state index contributed by atoms with van der Waals surface area (Å²) in [5.41, 5.74) is 6.76. The van der Waals surface area contributed by atoms with Gasteiger partial charge >= 0.3 is 0 Å². The molecule has 106 valence electrons. The Morgan fingerprint density at radius 2 is 2.25 bits per heavy atom. The normalized spacial score (nSPS) is 17.9. The molecule has 0 spiro atoms. The average molecular weight is 288 g/mol. The quantitative estimate of drug-likeness (QED) is 0.837. The predicted molar refractivity (Wildman–Crippen MR) is 84.8 cm³/mol. The van der Waals surface area contributed by atoms with Crippen LogP contribution in [0.25, 0.3) is 0 Å². The van der Waals surface area contributed by atoms with Gasteiger partial charge in [-0.3, -0.25) is 4.79 Å². The molecule has 0 radical (unpaired) electrons. The molecule has 1 atom stereocenters. The van der Waals surface area contributed by atoms with Gasteiger partial charge in [0.15, 0.2) is 0 Å². The minimum atomic E-state index is -0.0434. The fraction of sp³-hybridized carbons (Fsp3) is 0.438. The summed E-state index contributed by atoms with van der Waals surface area (Å²) in [6.07, 6.45) is 3.76. The van der Waals surface area contributed by atoms with Crippen LogP contribution < -0.4 is 11.1 Å². The van der Waals surface area contributed by atoms with Gasteiger partial charge in [-0.15, -0.1) is 0 Å². The van der Waals surface area contributed by atoms with Crippen LogP contribution in [0.4, 0.5) is 0 Å². The summed E-state index contributed by atoms with van der Waals surface area (Å²) in [5, 5.41) is 3.58. The van der Waals surface area contributed by atoms with Crippen molar-refractivity contribution in [3.05, 3.63) is 35.4 Å². The molecular formula is C16H20N2OS. The van der Waals surface area contributed by atoms with Crippen molar-refractivity contribution in [2.45, 2.75) is 24.5 Å². The van der Waals surface area contributed by atoms with E-state index < -0.39 is 0 Å². The third-order valence-corrected chi connectivity index (χ3v) is 4.66. The number of carbonyl (C=O) groups is 1. The maximum atomic E-state index is 12.3. The summed E-state index contributed by atoms with van der Waals surface area (Å²) in [6.45, 7) is 1.04. The Hall–Kier alpha value is -1.44. The first-order valence-electron chi connectivity index (χ1n) is 6.99. The number of nitrogens with one attached hydrogen (secondary N) is 1. The molecule has 20 heavy (non-hydrogen) atoms. The Labute approximate surface area is 124 Å². The standard InChI is InChI=1S/C16H20N2OS/c17-10-5-7-13-6-1-2-9-15(13)16(19)18-12-14-8-3-4-11-20-14/h1-2,6,9,14H,3-4,8,10-12,17H2,(H,18,19). The van der Waals surface area contributed by atoms with Gasteiger partial charge in [0, 0.05) is 17.4 Å². The Kier molecular flexibility index (Phi) is 5.97. The monoisotopic (exact) mass is 288 g/mol. The van der Waals surface area contributed by atoms with Crippen LogP contribution in [0.2, 0.25) is 0 Å². The number of nitrogens with two attached hydrogens (primary N) is 1. The largest absolute Gasteiger partial charge is 0.351 e. The van der Waals surface area contributed by atoms with Crippen molar-refractivity contribution < 1.29 is 4.79 Å². The summed E-state index contributed by atoms with van der Waals surface area (Å²) >= 11 is 1.96. The van der Waals surface area contributed by atoms with E-state index in [2.05, 4.69) is 17.2 Å². The zero-order valence-corrected chi connectivity index (χ0v) is 12.3. The molecule has 0 aromatic heterocycles. The highest BCUT2D eigenvalue weighted by Gasteiger charge is 2.16. The summed E-state index contributed by atoms with van der Waals surface area (Å²) < 4.78 is 0. The zero-order valence-electron chi connectivity index (χ0n) is 11.5. The highest BCUT2D eigenvalue weighted by molar-refractivity contribution is 7.99. The third kappa shape index (κ3) is 4.29. The fourth-order valence-electron chi connectivity index (χ4n) is 2.21. The molecule has 1 unspecified atom stereocenters. The van der Waals surface area contributed by atoms with Crippen molar-refractivity contribution in [1.82, 2.24) is 5.32 Å². The van der Waals surface area contributed by atoms with Crippen molar-refractivity contribution in [2.75, 3.05) is 18.8 Å². The smallest absolute Gasteiger partial charge is 0.252 e. The number of hydrogen-bond donors (Lipinski definition) is 2. The number of benzene rings is 1. The summed E-state index contributed by atoms with van der Waals surface area (Å²) in [7, 11) is 0. The highest BCUT2D eigenvalue weighted by atomic mass is 32.2. The second kappa shape index (κ2) is 7.98. The van der Waals surface area contributed by atoms with Crippen molar-refractivity contribution in [1.29, 1.82) is 0 Å². The Bertz CT molecular complexity index is 513. The molecule has 3 N–H and O–H groups in total. The lowest BCUT2D eigenvalue weighted by Gasteiger charge is -2.21. The van der Waals surface area contributed by atoms with E-state index >= 15 is 0 Å². The maximum Gasteiger partial charge on any atom is 0.252 e. The molecule has 1 fully saturated rings. The van der Waals surface area contributed by atoms with Gasteiger partial charge in [0.2, 0.25) is 0 Å².